The first-order valence-electron chi connectivity index (χ1n) is 8.29. The minimum atomic E-state index is 0.166. The molecular weight excluding hydrogens is 218 g/mol. The molecule has 0 saturated heterocycles. The molecule has 1 atom stereocenters. The van der Waals surface area contributed by atoms with E-state index in [-0.39, 0.29) is 5.54 Å². The first-order valence-corrected chi connectivity index (χ1v) is 8.29. The van der Waals surface area contributed by atoms with Crippen molar-refractivity contribution in [3.8, 4) is 0 Å². The minimum Gasteiger partial charge on any atom is -0.325 e. The topological polar surface area (TPSA) is 26.0 Å². The molecule has 1 aliphatic carbocycles. The highest BCUT2D eigenvalue weighted by molar-refractivity contribution is 4.91. The van der Waals surface area contributed by atoms with Gasteiger partial charge in [0.25, 0.3) is 0 Å². The lowest BCUT2D eigenvalue weighted by Gasteiger charge is -2.40. The van der Waals surface area contributed by atoms with Crippen LogP contribution in [0.4, 0.5) is 0 Å². The smallest absolute Gasteiger partial charge is 0.0157 e. The van der Waals surface area contributed by atoms with Crippen LogP contribution in [0.3, 0.4) is 0 Å². The second-order valence-electron chi connectivity index (χ2n) is 7.06. The van der Waals surface area contributed by atoms with Crippen LogP contribution in [0.1, 0.15) is 85.5 Å². The Balaban J connectivity index is 2.40. The molecule has 2 N–H and O–H groups in total. The zero-order valence-corrected chi connectivity index (χ0v) is 13.2. The Labute approximate surface area is 115 Å². The lowest BCUT2D eigenvalue weighted by atomic mass is 9.69. The van der Waals surface area contributed by atoms with Gasteiger partial charge in [-0.2, -0.15) is 0 Å². The van der Waals surface area contributed by atoms with E-state index in [9.17, 15) is 0 Å². The molecule has 0 spiro atoms. The largest absolute Gasteiger partial charge is 0.325 e. The van der Waals surface area contributed by atoms with Gasteiger partial charge in [0, 0.05) is 5.54 Å². The van der Waals surface area contributed by atoms with Crippen LogP contribution in [0.2, 0.25) is 0 Å². The van der Waals surface area contributed by atoms with Gasteiger partial charge in [-0.3, -0.25) is 0 Å². The monoisotopic (exact) mass is 253 g/mol. The summed E-state index contributed by atoms with van der Waals surface area (Å²) in [4.78, 5) is 0. The molecule has 1 unspecified atom stereocenters. The fourth-order valence-corrected chi connectivity index (χ4v) is 3.60. The number of hydrogen-bond acceptors (Lipinski definition) is 1. The van der Waals surface area contributed by atoms with E-state index < -0.39 is 0 Å². The van der Waals surface area contributed by atoms with Gasteiger partial charge < -0.3 is 5.73 Å². The van der Waals surface area contributed by atoms with Crippen LogP contribution in [0, 0.1) is 17.8 Å². The summed E-state index contributed by atoms with van der Waals surface area (Å²) in [6.45, 7) is 9.36. The Kier molecular flexibility index (Phi) is 6.70. The minimum absolute atomic E-state index is 0.166. The van der Waals surface area contributed by atoms with E-state index in [2.05, 4.69) is 27.7 Å². The maximum Gasteiger partial charge on any atom is 0.0157 e. The van der Waals surface area contributed by atoms with Crippen LogP contribution in [-0.2, 0) is 0 Å². The first-order chi connectivity index (χ1) is 8.50. The summed E-state index contributed by atoms with van der Waals surface area (Å²) in [5.41, 5.74) is 6.84. The van der Waals surface area contributed by atoms with E-state index in [1.165, 1.54) is 57.8 Å². The molecule has 0 aromatic carbocycles. The SMILES string of the molecule is CCCCC(CC)CC1(N)CCC(C(C)C)CC1. The second kappa shape index (κ2) is 7.53. The Bertz CT molecular complexity index is 214. The van der Waals surface area contributed by atoms with Crippen LogP contribution >= 0.6 is 0 Å². The van der Waals surface area contributed by atoms with Crippen molar-refractivity contribution < 1.29 is 0 Å². The second-order valence-corrected chi connectivity index (χ2v) is 7.06. The zero-order chi connectivity index (χ0) is 13.6. The van der Waals surface area contributed by atoms with Gasteiger partial charge in [-0.25, -0.2) is 0 Å². The summed E-state index contributed by atoms with van der Waals surface area (Å²) in [5, 5.41) is 0. The maximum atomic E-state index is 6.67. The lowest BCUT2D eigenvalue weighted by molar-refractivity contribution is 0.163. The summed E-state index contributed by atoms with van der Waals surface area (Å²) in [6, 6.07) is 0. The highest BCUT2D eigenvalue weighted by Gasteiger charge is 2.34. The molecule has 0 aromatic rings. The molecule has 1 heteroatoms. The van der Waals surface area contributed by atoms with Crippen molar-refractivity contribution in [1.82, 2.24) is 0 Å². The van der Waals surface area contributed by atoms with Gasteiger partial charge in [-0.05, 0) is 49.9 Å². The summed E-state index contributed by atoms with van der Waals surface area (Å²) < 4.78 is 0. The molecule has 18 heavy (non-hydrogen) atoms. The van der Waals surface area contributed by atoms with E-state index >= 15 is 0 Å². The van der Waals surface area contributed by atoms with Crippen LogP contribution in [0.25, 0.3) is 0 Å². The molecule has 1 fully saturated rings. The van der Waals surface area contributed by atoms with Gasteiger partial charge in [0.15, 0.2) is 0 Å². The Morgan fingerprint density at radius 3 is 2.22 bits per heavy atom. The van der Waals surface area contributed by atoms with Crippen molar-refractivity contribution in [2.24, 2.45) is 23.5 Å². The third-order valence-electron chi connectivity index (χ3n) is 5.21. The van der Waals surface area contributed by atoms with Gasteiger partial charge in [0.1, 0.15) is 0 Å². The van der Waals surface area contributed by atoms with Crippen molar-refractivity contribution in [1.29, 1.82) is 0 Å². The molecular formula is C17H35N. The normalized spacial score (nSPS) is 30.7. The Hall–Kier alpha value is -0.0400. The standard InChI is InChI=1S/C17H35N/c1-5-7-8-15(6-2)13-17(18)11-9-16(10-12-17)14(3)4/h14-16H,5-13,18H2,1-4H3. The van der Waals surface area contributed by atoms with E-state index in [1.807, 2.05) is 0 Å². The van der Waals surface area contributed by atoms with Gasteiger partial charge in [0.05, 0.1) is 0 Å². The van der Waals surface area contributed by atoms with Crippen molar-refractivity contribution in [2.75, 3.05) is 0 Å². The third kappa shape index (κ3) is 4.91. The van der Waals surface area contributed by atoms with Crippen LogP contribution in [0.15, 0.2) is 0 Å². The number of hydrogen-bond donors (Lipinski definition) is 1. The molecule has 0 aliphatic heterocycles. The summed E-state index contributed by atoms with van der Waals surface area (Å²) in [5.74, 6) is 2.64. The van der Waals surface area contributed by atoms with E-state index in [4.69, 9.17) is 5.73 Å². The molecule has 1 saturated carbocycles. The van der Waals surface area contributed by atoms with Crippen LogP contribution < -0.4 is 5.73 Å². The lowest BCUT2D eigenvalue weighted by Crippen LogP contribution is -2.45. The number of unbranched alkanes of at least 4 members (excludes halogenated alkanes) is 1. The molecule has 1 rings (SSSR count). The molecule has 1 nitrogen and oxygen atoms in total. The van der Waals surface area contributed by atoms with Crippen molar-refractivity contribution >= 4 is 0 Å². The van der Waals surface area contributed by atoms with Gasteiger partial charge in [0.2, 0.25) is 0 Å². The Morgan fingerprint density at radius 2 is 1.78 bits per heavy atom. The Morgan fingerprint density at radius 1 is 1.17 bits per heavy atom. The predicted molar refractivity (Wildman–Crippen MR) is 81.6 cm³/mol. The molecule has 0 heterocycles. The average Bonchev–Trinajstić information content (AvgIpc) is 2.35. The molecule has 1 aliphatic rings. The predicted octanol–water partition coefficient (Wildman–Crippen LogP) is 5.14. The van der Waals surface area contributed by atoms with E-state index in [1.54, 1.807) is 0 Å². The molecule has 0 amide bonds. The quantitative estimate of drug-likeness (QED) is 0.668. The van der Waals surface area contributed by atoms with Crippen molar-refractivity contribution in [2.45, 2.75) is 91.0 Å². The van der Waals surface area contributed by atoms with Gasteiger partial charge in [-0.15, -0.1) is 0 Å². The fourth-order valence-electron chi connectivity index (χ4n) is 3.60. The molecule has 0 bridgehead atoms. The number of nitrogens with two attached hydrogens (primary N) is 1. The summed E-state index contributed by atoms with van der Waals surface area (Å²) in [7, 11) is 0. The zero-order valence-electron chi connectivity index (χ0n) is 13.2. The van der Waals surface area contributed by atoms with Crippen molar-refractivity contribution in [3.05, 3.63) is 0 Å². The highest BCUT2D eigenvalue weighted by atomic mass is 14.7. The van der Waals surface area contributed by atoms with Crippen molar-refractivity contribution in [3.63, 3.8) is 0 Å². The maximum absolute atomic E-state index is 6.67. The third-order valence-corrected chi connectivity index (χ3v) is 5.21. The van der Waals surface area contributed by atoms with Crippen LogP contribution in [-0.4, -0.2) is 5.54 Å². The first kappa shape index (κ1) is 16.0. The fraction of sp³-hybridized carbons (Fsp3) is 1.00. The molecule has 0 aromatic heterocycles. The number of rotatable bonds is 7. The van der Waals surface area contributed by atoms with Gasteiger partial charge in [-0.1, -0.05) is 53.4 Å². The highest BCUT2D eigenvalue weighted by Crippen LogP contribution is 2.38. The van der Waals surface area contributed by atoms with Gasteiger partial charge >= 0.3 is 0 Å². The van der Waals surface area contributed by atoms with E-state index in [0.717, 1.165) is 17.8 Å². The average molecular weight is 253 g/mol. The summed E-state index contributed by atoms with van der Waals surface area (Å²) in [6.07, 6.45) is 11.9. The molecule has 0 radical (unpaired) electrons. The van der Waals surface area contributed by atoms with Crippen LogP contribution in [0.5, 0.6) is 0 Å². The summed E-state index contributed by atoms with van der Waals surface area (Å²) >= 11 is 0. The van der Waals surface area contributed by atoms with E-state index in [0.29, 0.717) is 0 Å². The molecule has 108 valence electrons.